The summed E-state index contributed by atoms with van der Waals surface area (Å²) in [6.07, 6.45) is 9.07. The molecule has 3 fully saturated rings. The summed E-state index contributed by atoms with van der Waals surface area (Å²) in [7, 11) is 0. The van der Waals surface area contributed by atoms with Crippen LogP contribution in [0.4, 0.5) is 0 Å². The molecule has 4 rings (SSSR count). The molecule has 142 valence electrons. The zero-order valence-corrected chi connectivity index (χ0v) is 15.7. The number of amides is 1. The van der Waals surface area contributed by atoms with Gasteiger partial charge in [0.15, 0.2) is 0 Å². The van der Waals surface area contributed by atoms with Crippen LogP contribution < -0.4 is 5.32 Å². The van der Waals surface area contributed by atoms with Crippen LogP contribution in [-0.2, 0) is 11.2 Å². The molecule has 1 heterocycles. The van der Waals surface area contributed by atoms with Crippen molar-refractivity contribution in [2.45, 2.75) is 75.5 Å². The van der Waals surface area contributed by atoms with Crippen LogP contribution in [0, 0.1) is 5.92 Å². The summed E-state index contributed by atoms with van der Waals surface area (Å²) in [5.41, 5.74) is 0.995. The molecule has 1 unspecified atom stereocenters. The number of nitrogens with zero attached hydrogens (tertiary/aromatic N) is 1. The Morgan fingerprint density at radius 2 is 1.77 bits per heavy atom. The molecule has 26 heavy (non-hydrogen) atoms. The zero-order valence-electron chi connectivity index (χ0n) is 15.7. The number of aliphatic hydroxyl groups excluding tert-OH is 1. The quantitative estimate of drug-likeness (QED) is 0.824. The van der Waals surface area contributed by atoms with E-state index in [2.05, 4.69) is 34.5 Å². The van der Waals surface area contributed by atoms with E-state index in [0.717, 1.165) is 58.0 Å². The molecule has 0 aromatic heterocycles. The average Bonchev–Trinajstić information content (AvgIpc) is 3.31. The highest BCUT2D eigenvalue weighted by atomic mass is 16.3. The Labute approximate surface area is 157 Å². The first kappa shape index (κ1) is 18.0. The van der Waals surface area contributed by atoms with Crippen molar-refractivity contribution in [1.29, 1.82) is 0 Å². The molecule has 0 radical (unpaired) electrons. The number of nitrogens with one attached hydrogen (secondary N) is 1. The highest BCUT2D eigenvalue weighted by Gasteiger charge is 2.48. The molecular weight excluding hydrogens is 324 g/mol. The van der Waals surface area contributed by atoms with Crippen LogP contribution in [0.25, 0.3) is 0 Å². The summed E-state index contributed by atoms with van der Waals surface area (Å²) in [5, 5.41) is 13.2. The average molecular weight is 357 g/mol. The van der Waals surface area contributed by atoms with Crippen LogP contribution in [-0.4, -0.2) is 46.7 Å². The van der Waals surface area contributed by atoms with Crippen molar-refractivity contribution < 1.29 is 9.90 Å². The van der Waals surface area contributed by atoms with Gasteiger partial charge in [-0.3, -0.25) is 9.69 Å². The van der Waals surface area contributed by atoms with Gasteiger partial charge in [-0.25, -0.2) is 0 Å². The van der Waals surface area contributed by atoms with Gasteiger partial charge in [0.2, 0.25) is 5.91 Å². The second-order valence-corrected chi connectivity index (χ2v) is 8.59. The van der Waals surface area contributed by atoms with Crippen LogP contribution in [0.5, 0.6) is 0 Å². The molecular formula is C22H32N2O2. The first-order valence-corrected chi connectivity index (χ1v) is 10.5. The number of carbonyl (C=O) groups excluding carboxylic acids is 1. The summed E-state index contributed by atoms with van der Waals surface area (Å²) < 4.78 is 0. The summed E-state index contributed by atoms with van der Waals surface area (Å²) in [4.78, 5) is 15.9. The van der Waals surface area contributed by atoms with E-state index in [9.17, 15) is 9.90 Å². The van der Waals surface area contributed by atoms with E-state index in [4.69, 9.17) is 0 Å². The van der Waals surface area contributed by atoms with Crippen molar-refractivity contribution in [1.82, 2.24) is 10.2 Å². The Kier molecular flexibility index (Phi) is 5.32. The lowest BCUT2D eigenvalue weighted by atomic mass is 9.75. The first-order valence-electron chi connectivity index (χ1n) is 10.5. The second kappa shape index (κ2) is 7.69. The zero-order chi connectivity index (χ0) is 18.0. The van der Waals surface area contributed by atoms with Crippen molar-refractivity contribution in [3.05, 3.63) is 35.9 Å². The van der Waals surface area contributed by atoms with Crippen LogP contribution in [0.1, 0.15) is 56.9 Å². The predicted octanol–water partition coefficient (Wildman–Crippen LogP) is 2.89. The van der Waals surface area contributed by atoms with Crippen molar-refractivity contribution in [2.75, 3.05) is 13.1 Å². The predicted molar refractivity (Wildman–Crippen MR) is 103 cm³/mol. The molecule has 0 bridgehead atoms. The number of aliphatic hydroxyl groups is 1. The second-order valence-electron chi connectivity index (χ2n) is 8.59. The molecule has 1 amide bonds. The Bertz CT molecular complexity index is 600. The number of likely N-dealkylation sites (tertiary alicyclic amines) is 1. The van der Waals surface area contributed by atoms with E-state index in [1.165, 1.54) is 18.4 Å². The third-order valence-corrected chi connectivity index (χ3v) is 6.90. The van der Waals surface area contributed by atoms with Crippen molar-refractivity contribution in [2.24, 2.45) is 5.92 Å². The van der Waals surface area contributed by atoms with E-state index >= 15 is 0 Å². The fourth-order valence-corrected chi connectivity index (χ4v) is 5.26. The van der Waals surface area contributed by atoms with Gasteiger partial charge in [-0.1, -0.05) is 43.2 Å². The minimum absolute atomic E-state index is 0.133. The maximum absolute atomic E-state index is 13.5. The van der Waals surface area contributed by atoms with Gasteiger partial charge in [0, 0.05) is 6.04 Å². The SMILES string of the molecule is O=C(NC(Cc1ccccc1)C1CC(O)C1)C1(N2CCCC2)CCCC1. The standard InChI is InChI=1S/C22H32N2O2/c25-19-15-18(16-19)20(14-17-8-2-1-3-9-17)23-21(26)22(10-4-5-11-22)24-12-6-7-13-24/h1-3,8-9,18-20,25H,4-7,10-16H2,(H,23,26). The van der Waals surface area contributed by atoms with Gasteiger partial charge >= 0.3 is 0 Å². The van der Waals surface area contributed by atoms with Gasteiger partial charge in [-0.15, -0.1) is 0 Å². The summed E-state index contributed by atoms with van der Waals surface area (Å²) in [6, 6.07) is 10.6. The summed E-state index contributed by atoms with van der Waals surface area (Å²) >= 11 is 0. The van der Waals surface area contributed by atoms with E-state index < -0.39 is 0 Å². The van der Waals surface area contributed by atoms with Gasteiger partial charge < -0.3 is 10.4 Å². The molecule has 1 atom stereocenters. The normalized spacial score (nSPS) is 29.3. The minimum atomic E-state index is -0.270. The smallest absolute Gasteiger partial charge is 0.240 e. The summed E-state index contributed by atoms with van der Waals surface area (Å²) in [5.74, 6) is 0.644. The minimum Gasteiger partial charge on any atom is -0.393 e. The molecule has 2 aliphatic carbocycles. The highest BCUT2D eigenvalue weighted by Crippen LogP contribution is 2.39. The maximum Gasteiger partial charge on any atom is 0.240 e. The largest absolute Gasteiger partial charge is 0.393 e. The van der Waals surface area contributed by atoms with Gasteiger partial charge in [-0.05, 0) is 69.5 Å². The third kappa shape index (κ3) is 3.54. The van der Waals surface area contributed by atoms with Crippen molar-refractivity contribution in [3.63, 3.8) is 0 Å². The van der Waals surface area contributed by atoms with E-state index in [-0.39, 0.29) is 23.6 Å². The number of rotatable bonds is 6. The maximum atomic E-state index is 13.5. The monoisotopic (exact) mass is 356 g/mol. The van der Waals surface area contributed by atoms with Crippen LogP contribution in [0.2, 0.25) is 0 Å². The van der Waals surface area contributed by atoms with E-state index in [1.807, 2.05) is 6.07 Å². The lowest BCUT2D eigenvalue weighted by molar-refractivity contribution is -0.134. The molecule has 2 N–H and O–H groups in total. The van der Waals surface area contributed by atoms with Crippen molar-refractivity contribution in [3.8, 4) is 0 Å². The number of carbonyl (C=O) groups is 1. The lowest BCUT2D eigenvalue weighted by Crippen LogP contribution is -2.60. The Balaban J connectivity index is 1.49. The van der Waals surface area contributed by atoms with Gasteiger partial charge in [0.05, 0.1) is 6.10 Å². The molecule has 0 spiro atoms. The number of hydrogen-bond donors (Lipinski definition) is 2. The molecule has 1 aromatic carbocycles. The molecule has 3 aliphatic rings. The molecule has 2 saturated carbocycles. The number of benzene rings is 1. The van der Waals surface area contributed by atoms with Gasteiger partial charge in [0.1, 0.15) is 5.54 Å². The van der Waals surface area contributed by atoms with E-state index in [1.54, 1.807) is 0 Å². The fraction of sp³-hybridized carbons (Fsp3) is 0.682. The Hall–Kier alpha value is -1.39. The topological polar surface area (TPSA) is 52.6 Å². The molecule has 1 saturated heterocycles. The summed E-state index contributed by atoms with van der Waals surface area (Å²) in [6.45, 7) is 2.14. The van der Waals surface area contributed by atoms with Crippen LogP contribution >= 0.6 is 0 Å². The van der Waals surface area contributed by atoms with Gasteiger partial charge in [0.25, 0.3) is 0 Å². The first-order chi connectivity index (χ1) is 12.7. The number of hydrogen-bond acceptors (Lipinski definition) is 3. The third-order valence-electron chi connectivity index (χ3n) is 6.90. The van der Waals surface area contributed by atoms with Crippen molar-refractivity contribution >= 4 is 5.91 Å². The van der Waals surface area contributed by atoms with Crippen LogP contribution in [0.3, 0.4) is 0 Å². The van der Waals surface area contributed by atoms with E-state index in [0.29, 0.717) is 5.92 Å². The molecule has 1 aliphatic heterocycles. The van der Waals surface area contributed by atoms with Gasteiger partial charge in [-0.2, -0.15) is 0 Å². The molecule has 4 heteroatoms. The molecule has 1 aromatic rings. The fourth-order valence-electron chi connectivity index (χ4n) is 5.26. The van der Waals surface area contributed by atoms with Crippen LogP contribution in [0.15, 0.2) is 30.3 Å². The Morgan fingerprint density at radius 3 is 2.38 bits per heavy atom. The lowest BCUT2D eigenvalue weighted by Gasteiger charge is -2.42. The molecule has 4 nitrogen and oxygen atoms in total. The Morgan fingerprint density at radius 1 is 1.12 bits per heavy atom. The highest BCUT2D eigenvalue weighted by molar-refractivity contribution is 5.87.